The van der Waals surface area contributed by atoms with Crippen molar-refractivity contribution in [2.24, 2.45) is 5.92 Å². The third-order valence-electron chi connectivity index (χ3n) is 3.94. The lowest BCUT2D eigenvalue weighted by atomic mass is 9.85. The van der Waals surface area contributed by atoms with E-state index in [1.165, 1.54) is 0 Å². The molecule has 0 amide bonds. The fraction of sp³-hybridized carbons (Fsp3) is 0.571. The highest BCUT2D eigenvalue weighted by Crippen LogP contribution is 2.39. The third-order valence-corrected chi connectivity index (χ3v) is 3.94. The summed E-state index contributed by atoms with van der Waals surface area (Å²) < 4.78 is 76.8. The van der Waals surface area contributed by atoms with E-state index in [-0.39, 0.29) is 23.5 Å². The number of alkyl halides is 6. The van der Waals surface area contributed by atoms with Crippen molar-refractivity contribution in [3.05, 3.63) is 34.9 Å². The van der Waals surface area contributed by atoms with Crippen molar-refractivity contribution >= 4 is 0 Å². The Morgan fingerprint density at radius 3 is 1.90 bits per heavy atom. The van der Waals surface area contributed by atoms with Crippen molar-refractivity contribution in [3.8, 4) is 0 Å². The van der Waals surface area contributed by atoms with Crippen LogP contribution in [0, 0.1) is 5.92 Å². The summed E-state index contributed by atoms with van der Waals surface area (Å²) in [5.74, 6) is -0.307. The van der Waals surface area contributed by atoms with Gasteiger partial charge >= 0.3 is 12.4 Å². The molecule has 1 aromatic rings. The van der Waals surface area contributed by atoms with Crippen molar-refractivity contribution in [2.75, 3.05) is 13.1 Å². The maximum Gasteiger partial charge on any atom is 0.416 e. The molecule has 1 saturated heterocycles. The minimum absolute atomic E-state index is 0.0505. The summed E-state index contributed by atoms with van der Waals surface area (Å²) in [6, 6.07) is 1.83. The van der Waals surface area contributed by atoms with Gasteiger partial charge < -0.3 is 5.32 Å². The highest BCUT2D eigenvalue weighted by atomic mass is 19.4. The molecule has 7 heteroatoms. The number of benzene rings is 1. The van der Waals surface area contributed by atoms with Crippen LogP contribution >= 0.6 is 0 Å². The zero-order valence-electron chi connectivity index (χ0n) is 11.3. The van der Waals surface area contributed by atoms with Gasteiger partial charge in [0.1, 0.15) is 0 Å². The molecule has 2 rings (SSSR count). The molecule has 0 aromatic heterocycles. The van der Waals surface area contributed by atoms with E-state index in [4.69, 9.17) is 0 Å². The molecule has 1 N–H and O–H groups in total. The first-order chi connectivity index (χ1) is 9.59. The second kappa shape index (κ2) is 5.51. The standard InChI is InChI=1S/C14H15F6N/c1-8(9-2-3-21-7-9)10-4-11(13(15,16)17)6-12(5-10)14(18,19)20/h4-6,8-9,21H,2-3,7H2,1H3. The number of rotatable bonds is 2. The molecule has 0 spiro atoms. The molecule has 1 nitrogen and oxygen atoms in total. The molecule has 1 aromatic carbocycles. The fourth-order valence-electron chi connectivity index (χ4n) is 2.62. The van der Waals surface area contributed by atoms with Crippen LogP contribution in [0.3, 0.4) is 0 Å². The molecule has 1 fully saturated rings. The van der Waals surface area contributed by atoms with Gasteiger partial charge in [0.2, 0.25) is 0 Å². The predicted molar refractivity (Wildman–Crippen MR) is 65.8 cm³/mol. The Balaban J connectivity index is 2.44. The van der Waals surface area contributed by atoms with E-state index in [2.05, 4.69) is 5.32 Å². The summed E-state index contributed by atoms with van der Waals surface area (Å²) in [5, 5.41) is 3.07. The van der Waals surface area contributed by atoms with Crippen LogP contribution in [0.5, 0.6) is 0 Å². The van der Waals surface area contributed by atoms with Crippen molar-refractivity contribution < 1.29 is 26.3 Å². The van der Waals surface area contributed by atoms with Gasteiger partial charge in [-0.15, -0.1) is 0 Å². The maximum atomic E-state index is 12.8. The van der Waals surface area contributed by atoms with E-state index in [0.29, 0.717) is 6.54 Å². The molecule has 118 valence electrons. The summed E-state index contributed by atoms with van der Waals surface area (Å²) >= 11 is 0. The highest BCUT2D eigenvalue weighted by molar-refractivity contribution is 5.35. The largest absolute Gasteiger partial charge is 0.416 e. The Hall–Kier alpha value is -1.24. The predicted octanol–water partition coefficient (Wildman–Crippen LogP) is 4.44. The molecule has 0 aliphatic carbocycles. The summed E-state index contributed by atoms with van der Waals surface area (Å²) in [5.41, 5.74) is -2.40. The normalized spacial score (nSPS) is 21.6. The highest BCUT2D eigenvalue weighted by Gasteiger charge is 2.37. The van der Waals surface area contributed by atoms with Crippen LogP contribution in [0.2, 0.25) is 0 Å². The Bertz CT molecular complexity index is 467. The lowest BCUT2D eigenvalue weighted by Crippen LogP contribution is -2.17. The van der Waals surface area contributed by atoms with Crippen LogP contribution in [0.1, 0.15) is 36.0 Å². The molecule has 21 heavy (non-hydrogen) atoms. The first-order valence-electron chi connectivity index (χ1n) is 6.59. The molecule has 0 saturated carbocycles. The monoisotopic (exact) mass is 311 g/mol. The SMILES string of the molecule is CC(c1cc(C(F)(F)F)cc(C(F)(F)F)c1)C1CCNC1. The van der Waals surface area contributed by atoms with Crippen molar-refractivity contribution in [2.45, 2.75) is 31.6 Å². The quantitative estimate of drug-likeness (QED) is 0.796. The lowest BCUT2D eigenvalue weighted by Gasteiger charge is -2.21. The Morgan fingerprint density at radius 1 is 1.00 bits per heavy atom. The second-order valence-electron chi connectivity index (χ2n) is 5.38. The minimum atomic E-state index is -4.79. The van der Waals surface area contributed by atoms with E-state index in [1.54, 1.807) is 6.92 Å². The Morgan fingerprint density at radius 2 is 1.52 bits per heavy atom. The lowest BCUT2D eigenvalue weighted by molar-refractivity contribution is -0.143. The molecular weight excluding hydrogens is 296 g/mol. The van der Waals surface area contributed by atoms with E-state index >= 15 is 0 Å². The van der Waals surface area contributed by atoms with Gasteiger partial charge in [-0.05, 0) is 55.1 Å². The number of hydrogen-bond acceptors (Lipinski definition) is 1. The van der Waals surface area contributed by atoms with Gasteiger partial charge in [0.25, 0.3) is 0 Å². The van der Waals surface area contributed by atoms with Gasteiger partial charge in [-0.25, -0.2) is 0 Å². The van der Waals surface area contributed by atoms with E-state index < -0.39 is 23.5 Å². The van der Waals surface area contributed by atoms with Crippen LogP contribution in [-0.2, 0) is 12.4 Å². The summed E-state index contributed by atoms with van der Waals surface area (Å²) in [6.45, 7) is 3.02. The minimum Gasteiger partial charge on any atom is -0.316 e. The van der Waals surface area contributed by atoms with Gasteiger partial charge in [-0.1, -0.05) is 6.92 Å². The topological polar surface area (TPSA) is 12.0 Å². The van der Waals surface area contributed by atoms with Crippen molar-refractivity contribution in [1.82, 2.24) is 5.32 Å². The maximum absolute atomic E-state index is 12.8. The Kier molecular flexibility index (Phi) is 4.24. The van der Waals surface area contributed by atoms with Gasteiger partial charge in [0.15, 0.2) is 0 Å². The zero-order valence-corrected chi connectivity index (χ0v) is 11.3. The molecule has 1 aliphatic heterocycles. The molecule has 0 bridgehead atoms. The molecule has 2 atom stereocenters. The second-order valence-corrected chi connectivity index (χ2v) is 5.38. The van der Waals surface area contributed by atoms with Crippen LogP contribution < -0.4 is 5.32 Å². The van der Waals surface area contributed by atoms with Crippen LogP contribution in [-0.4, -0.2) is 13.1 Å². The average Bonchev–Trinajstić information content (AvgIpc) is 2.89. The fourth-order valence-corrected chi connectivity index (χ4v) is 2.62. The molecule has 2 unspecified atom stereocenters. The molecular formula is C14H15F6N. The van der Waals surface area contributed by atoms with E-state index in [1.807, 2.05) is 0 Å². The molecule has 0 radical (unpaired) electrons. The number of nitrogens with one attached hydrogen (secondary N) is 1. The van der Waals surface area contributed by atoms with E-state index in [0.717, 1.165) is 25.1 Å². The zero-order chi connectivity index (χ0) is 15.8. The van der Waals surface area contributed by atoms with Crippen LogP contribution in [0.15, 0.2) is 18.2 Å². The van der Waals surface area contributed by atoms with Gasteiger partial charge in [-0.3, -0.25) is 0 Å². The van der Waals surface area contributed by atoms with Crippen LogP contribution in [0.4, 0.5) is 26.3 Å². The summed E-state index contributed by atoms with van der Waals surface area (Å²) in [6.07, 6.45) is -8.83. The van der Waals surface area contributed by atoms with Gasteiger partial charge in [0.05, 0.1) is 11.1 Å². The third kappa shape index (κ3) is 3.70. The molecule has 1 aliphatic rings. The van der Waals surface area contributed by atoms with Gasteiger partial charge in [-0.2, -0.15) is 26.3 Å². The summed E-state index contributed by atoms with van der Waals surface area (Å²) in [7, 11) is 0. The average molecular weight is 311 g/mol. The van der Waals surface area contributed by atoms with Gasteiger partial charge in [0, 0.05) is 0 Å². The van der Waals surface area contributed by atoms with Crippen molar-refractivity contribution in [1.29, 1.82) is 0 Å². The first-order valence-corrected chi connectivity index (χ1v) is 6.59. The smallest absolute Gasteiger partial charge is 0.316 e. The summed E-state index contributed by atoms with van der Waals surface area (Å²) in [4.78, 5) is 0. The van der Waals surface area contributed by atoms with E-state index in [9.17, 15) is 26.3 Å². The number of halogens is 6. The first kappa shape index (κ1) is 16.1. The van der Waals surface area contributed by atoms with Crippen molar-refractivity contribution in [3.63, 3.8) is 0 Å². The van der Waals surface area contributed by atoms with Crippen LogP contribution in [0.25, 0.3) is 0 Å². The number of hydrogen-bond donors (Lipinski definition) is 1. The Labute approximate surface area is 118 Å². The molecule has 1 heterocycles.